The van der Waals surface area contributed by atoms with Gasteiger partial charge in [0.1, 0.15) is 17.2 Å². The van der Waals surface area contributed by atoms with E-state index >= 15 is 0 Å². The van der Waals surface area contributed by atoms with E-state index in [1.54, 1.807) is 23.3 Å². The van der Waals surface area contributed by atoms with Crippen molar-refractivity contribution in [3.05, 3.63) is 96.1 Å². The first-order chi connectivity index (χ1) is 14.3. The van der Waals surface area contributed by atoms with Gasteiger partial charge in [0.05, 0.1) is 30.5 Å². The fourth-order valence-corrected chi connectivity index (χ4v) is 3.47. The SMILES string of the molecule is O=C(NCc1cn(-c2cccnc2)nn1)C1c2ccccc2Oc2ccccc21. The third-order valence-corrected chi connectivity index (χ3v) is 4.84. The van der Waals surface area contributed by atoms with E-state index in [9.17, 15) is 4.79 Å². The molecule has 5 rings (SSSR count). The predicted octanol–water partition coefficient (Wildman–Crippen LogP) is 3.22. The molecule has 0 spiro atoms. The molecule has 0 aliphatic carbocycles. The van der Waals surface area contributed by atoms with Crippen molar-refractivity contribution in [2.75, 3.05) is 0 Å². The number of benzene rings is 2. The van der Waals surface area contributed by atoms with Crippen LogP contribution >= 0.6 is 0 Å². The summed E-state index contributed by atoms with van der Waals surface area (Å²) in [6.07, 6.45) is 5.18. The molecule has 4 aromatic rings. The zero-order chi connectivity index (χ0) is 19.6. The van der Waals surface area contributed by atoms with Crippen LogP contribution in [-0.4, -0.2) is 25.9 Å². The molecule has 1 amide bonds. The van der Waals surface area contributed by atoms with Crippen molar-refractivity contribution in [3.63, 3.8) is 0 Å². The maximum absolute atomic E-state index is 13.1. The maximum atomic E-state index is 13.1. The van der Waals surface area contributed by atoms with Crippen LogP contribution in [0.25, 0.3) is 5.69 Å². The summed E-state index contributed by atoms with van der Waals surface area (Å²) in [7, 11) is 0. The third-order valence-electron chi connectivity index (χ3n) is 4.84. The Labute approximate surface area is 167 Å². The number of carbonyl (C=O) groups excluding carboxylic acids is 1. The Morgan fingerprint density at radius 2 is 1.72 bits per heavy atom. The molecule has 1 aliphatic rings. The van der Waals surface area contributed by atoms with Gasteiger partial charge in [-0.15, -0.1) is 5.10 Å². The van der Waals surface area contributed by atoms with Gasteiger partial charge in [-0.2, -0.15) is 0 Å². The molecule has 1 aliphatic heterocycles. The van der Waals surface area contributed by atoms with Crippen LogP contribution in [0.1, 0.15) is 22.7 Å². The third kappa shape index (κ3) is 3.23. The summed E-state index contributed by atoms with van der Waals surface area (Å²) in [5.74, 6) is 0.858. The largest absolute Gasteiger partial charge is 0.457 e. The van der Waals surface area contributed by atoms with Gasteiger partial charge in [0.25, 0.3) is 0 Å². The number of nitrogens with zero attached hydrogens (tertiary/aromatic N) is 4. The van der Waals surface area contributed by atoms with Gasteiger partial charge in [0, 0.05) is 17.3 Å². The molecule has 0 bridgehead atoms. The summed E-state index contributed by atoms with van der Waals surface area (Å²) in [5, 5.41) is 11.2. The molecular weight excluding hydrogens is 366 g/mol. The van der Waals surface area contributed by atoms with Gasteiger partial charge >= 0.3 is 0 Å². The Balaban J connectivity index is 1.37. The molecule has 1 N–H and O–H groups in total. The quantitative estimate of drug-likeness (QED) is 0.585. The summed E-state index contributed by atoms with van der Waals surface area (Å²) >= 11 is 0. The van der Waals surface area contributed by atoms with Crippen LogP contribution in [0, 0.1) is 0 Å². The number of aromatic nitrogens is 4. The van der Waals surface area contributed by atoms with Gasteiger partial charge in [-0.25, -0.2) is 4.68 Å². The van der Waals surface area contributed by atoms with Crippen LogP contribution in [-0.2, 0) is 11.3 Å². The van der Waals surface area contributed by atoms with E-state index in [2.05, 4.69) is 20.6 Å². The second kappa shape index (κ2) is 7.20. The van der Waals surface area contributed by atoms with E-state index in [-0.39, 0.29) is 12.5 Å². The Kier molecular flexibility index (Phi) is 4.25. The Hall–Kier alpha value is -4.00. The molecule has 3 heterocycles. The first-order valence-corrected chi connectivity index (χ1v) is 9.24. The Morgan fingerprint density at radius 1 is 1.00 bits per heavy atom. The first-order valence-electron chi connectivity index (χ1n) is 9.24. The van der Waals surface area contributed by atoms with Crippen LogP contribution in [0.15, 0.2) is 79.3 Å². The normalized spacial score (nSPS) is 12.6. The van der Waals surface area contributed by atoms with Crippen molar-refractivity contribution in [2.24, 2.45) is 0 Å². The molecule has 142 valence electrons. The predicted molar refractivity (Wildman–Crippen MR) is 106 cm³/mol. The fraction of sp³-hybridized carbons (Fsp3) is 0.0909. The summed E-state index contributed by atoms with van der Waals surface area (Å²) in [6, 6.07) is 19.0. The summed E-state index contributed by atoms with van der Waals surface area (Å²) in [4.78, 5) is 17.2. The molecule has 0 saturated heterocycles. The molecule has 0 fully saturated rings. The fourth-order valence-electron chi connectivity index (χ4n) is 3.47. The van der Waals surface area contributed by atoms with Gasteiger partial charge in [0.15, 0.2) is 0 Å². The topological polar surface area (TPSA) is 81.9 Å². The van der Waals surface area contributed by atoms with Crippen molar-refractivity contribution < 1.29 is 9.53 Å². The Bertz CT molecular complexity index is 1130. The van der Waals surface area contributed by atoms with Gasteiger partial charge in [-0.05, 0) is 24.3 Å². The van der Waals surface area contributed by atoms with Crippen molar-refractivity contribution in [3.8, 4) is 17.2 Å². The zero-order valence-corrected chi connectivity index (χ0v) is 15.4. The van der Waals surface area contributed by atoms with E-state index in [0.717, 1.165) is 16.8 Å². The zero-order valence-electron chi connectivity index (χ0n) is 15.4. The molecule has 0 saturated carbocycles. The number of hydrogen-bond donors (Lipinski definition) is 1. The van der Waals surface area contributed by atoms with Gasteiger partial charge in [0.2, 0.25) is 5.91 Å². The average Bonchev–Trinajstić information content (AvgIpc) is 3.25. The van der Waals surface area contributed by atoms with Crippen LogP contribution in [0.4, 0.5) is 0 Å². The van der Waals surface area contributed by atoms with Gasteiger partial charge in [-0.1, -0.05) is 41.6 Å². The molecule has 2 aromatic heterocycles. The second-order valence-electron chi connectivity index (χ2n) is 6.69. The van der Waals surface area contributed by atoms with Gasteiger partial charge in [-0.3, -0.25) is 9.78 Å². The maximum Gasteiger partial charge on any atom is 0.232 e. The lowest BCUT2D eigenvalue weighted by Gasteiger charge is -2.27. The van der Waals surface area contributed by atoms with Crippen molar-refractivity contribution in [1.82, 2.24) is 25.3 Å². The number of para-hydroxylation sites is 2. The van der Waals surface area contributed by atoms with Crippen LogP contribution < -0.4 is 10.1 Å². The molecule has 7 heteroatoms. The molecule has 0 radical (unpaired) electrons. The van der Waals surface area contributed by atoms with E-state index in [1.165, 1.54) is 0 Å². The number of rotatable bonds is 4. The van der Waals surface area contributed by atoms with E-state index in [1.807, 2.05) is 60.7 Å². The average molecular weight is 383 g/mol. The number of pyridine rings is 1. The van der Waals surface area contributed by atoms with E-state index in [0.29, 0.717) is 17.2 Å². The number of fused-ring (bicyclic) bond motifs is 2. The number of amides is 1. The number of nitrogens with one attached hydrogen (secondary N) is 1. The molecule has 2 aromatic carbocycles. The van der Waals surface area contributed by atoms with Crippen molar-refractivity contribution in [1.29, 1.82) is 0 Å². The highest BCUT2D eigenvalue weighted by Gasteiger charge is 2.32. The molecule has 0 unspecified atom stereocenters. The minimum Gasteiger partial charge on any atom is -0.457 e. The monoisotopic (exact) mass is 383 g/mol. The minimum absolute atomic E-state index is 0.107. The number of hydrogen-bond acceptors (Lipinski definition) is 5. The summed E-state index contributed by atoms with van der Waals surface area (Å²) in [6.45, 7) is 0.279. The van der Waals surface area contributed by atoms with Crippen LogP contribution in [0.3, 0.4) is 0 Å². The van der Waals surface area contributed by atoms with Crippen molar-refractivity contribution >= 4 is 5.91 Å². The second-order valence-corrected chi connectivity index (χ2v) is 6.69. The number of carbonyl (C=O) groups is 1. The minimum atomic E-state index is -0.440. The van der Waals surface area contributed by atoms with Crippen molar-refractivity contribution in [2.45, 2.75) is 12.5 Å². The first kappa shape index (κ1) is 17.1. The van der Waals surface area contributed by atoms with Crippen LogP contribution in [0.2, 0.25) is 0 Å². The molecule has 29 heavy (non-hydrogen) atoms. The Morgan fingerprint density at radius 3 is 2.41 bits per heavy atom. The highest BCUT2D eigenvalue weighted by Crippen LogP contribution is 2.43. The summed E-state index contributed by atoms with van der Waals surface area (Å²) in [5.41, 5.74) is 3.17. The summed E-state index contributed by atoms with van der Waals surface area (Å²) < 4.78 is 7.59. The molecule has 0 atom stereocenters. The van der Waals surface area contributed by atoms with E-state index in [4.69, 9.17) is 4.74 Å². The lowest BCUT2D eigenvalue weighted by molar-refractivity contribution is -0.122. The van der Waals surface area contributed by atoms with Gasteiger partial charge < -0.3 is 10.1 Å². The lowest BCUT2D eigenvalue weighted by atomic mass is 9.87. The molecule has 7 nitrogen and oxygen atoms in total. The highest BCUT2D eigenvalue weighted by molar-refractivity contribution is 5.89. The highest BCUT2D eigenvalue weighted by atomic mass is 16.5. The molecular formula is C22H17N5O2. The smallest absolute Gasteiger partial charge is 0.232 e. The lowest BCUT2D eigenvalue weighted by Crippen LogP contribution is -2.31. The van der Waals surface area contributed by atoms with Crippen LogP contribution in [0.5, 0.6) is 11.5 Å². The van der Waals surface area contributed by atoms with E-state index < -0.39 is 5.92 Å². The standard InChI is InChI=1S/C22H17N5O2/c28-22(24-12-15-14-27(26-25-15)16-6-5-11-23-13-16)21-17-7-1-3-9-19(17)29-20-10-4-2-8-18(20)21/h1-11,13-14,21H,12H2,(H,24,28). The number of ether oxygens (including phenoxy) is 1.